The van der Waals surface area contributed by atoms with Gasteiger partial charge in [-0.1, -0.05) is 281 Å². The number of hydrogen-bond acceptors (Lipinski definition) is 20. The molecule has 0 saturated heterocycles. The number of aryl methyl sites for hydroxylation is 13. The molecule has 1 heterocycles. The summed E-state index contributed by atoms with van der Waals surface area (Å²) in [6.07, 6.45) is 6.53. The summed E-state index contributed by atoms with van der Waals surface area (Å²) < 4.78 is 18.7. The van der Waals surface area contributed by atoms with E-state index in [4.69, 9.17) is 39.5 Å². The first-order valence-corrected chi connectivity index (χ1v) is 49.6. The number of para-hydroxylation sites is 1. The number of H-pyrrole nitrogens is 1. The number of nitro groups is 1. The molecule has 0 amide bonds. The van der Waals surface area contributed by atoms with Crippen LogP contribution in [0.1, 0.15) is 156 Å². The van der Waals surface area contributed by atoms with Crippen LogP contribution in [-0.2, 0) is 111 Å². The molecule has 0 aliphatic heterocycles. The van der Waals surface area contributed by atoms with Gasteiger partial charge in [-0.05, 0) is 213 Å². The number of hydrogen-bond donors (Lipinski definition) is 8. The Kier molecular flexibility index (Phi) is 49.2. The Bertz CT molecular complexity index is 6400. The number of phenolic OH excluding ortho intramolecular Hbond substituents is 7. The van der Waals surface area contributed by atoms with E-state index in [1.165, 1.54) is 29.0 Å². The van der Waals surface area contributed by atoms with Gasteiger partial charge in [-0.3, -0.25) is 48.8 Å². The van der Waals surface area contributed by atoms with Crippen molar-refractivity contribution in [1.82, 2.24) is 10.2 Å². The summed E-state index contributed by atoms with van der Waals surface area (Å²) in [5.41, 5.74) is 17.9. The number of thioether (sulfide) groups is 2. The van der Waals surface area contributed by atoms with E-state index in [1.807, 2.05) is 200 Å². The van der Waals surface area contributed by atoms with Crippen molar-refractivity contribution in [3.63, 3.8) is 0 Å². The second kappa shape index (κ2) is 60.5. The summed E-state index contributed by atoms with van der Waals surface area (Å²) in [5.74, 6) is 2.55. The quantitative estimate of drug-likeness (QED) is 0.0102. The summed E-state index contributed by atoms with van der Waals surface area (Å²) in [6, 6.07) is 81.9. The van der Waals surface area contributed by atoms with Crippen LogP contribution in [0.25, 0.3) is 0 Å². The van der Waals surface area contributed by atoms with E-state index in [2.05, 4.69) is 29.3 Å². The third kappa shape index (κ3) is 40.8. The van der Waals surface area contributed by atoms with E-state index in [0.29, 0.717) is 123 Å². The van der Waals surface area contributed by atoms with Crippen LogP contribution < -0.4 is 4.74 Å². The van der Waals surface area contributed by atoms with E-state index in [9.17, 15) is 83.8 Å². The van der Waals surface area contributed by atoms with Gasteiger partial charge in [-0.25, -0.2) is 4.39 Å². The second-order valence-corrected chi connectivity index (χ2v) is 37.9. The number of phenols is 7. The molecule has 14 aromatic rings. The highest BCUT2D eigenvalue weighted by Gasteiger charge is 2.24. The van der Waals surface area contributed by atoms with Gasteiger partial charge < -0.3 is 40.5 Å². The number of benzene rings is 13. The van der Waals surface area contributed by atoms with Crippen LogP contribution >= 0.6 is 58.3 Å². The number of halogens is 4. The molecule has 0 saturated carbocycles. The molecular formula is C118H125Cl3FN3O17S2. The Hall–Kier alpha value is -13.9. The first kappa shape index (κ1) is 117. The van der Waals surface area contributed by atoms with Crippen molar-refractivity contribution in [3.05, 3.63) is 421 Å². The minimum Gasteiger partial charge on any atom is -0.508 e. The van der Waals surface area contributed by atoms with Gasteiger partial charge in [0.2, 0.25) is 0 Å². The molecule has 0 atom stereocenters. The number of aromatic nitrogens is 2. The summed E-state index contributed by atoms with van der Waals surface area (Å²) in [5, 5.41) is 87.5. The second-order valence-electron chi connectivity index (χ2n) is 34.7. The van der Waals surface area contributed by atoms with Gasteiger partial charge in [0.1, 0.15) is 98.0 Å². The van der Waals surface area contributed by atoms with Crippen molar-refractivity contribution in [3.8, 4) is 46.0 Å². The number of ether oxygens (including phenoxy) is 1. The Labute approximate surface area is 866 Å². The predicted octanol–water partition coefficient (Wildman–Crippen LogP) is 26.4. The average molecular weight is 2050 g/mol. The van der Waals surface area contributed by atoms with Crippen molar-refractivity contribution < 1.29 is 83.4 Å². The van der Waals surface area contributed by atoms with Crippen molar-refractivity contribution in [2.24, 2.45) is 0 Å². The predicted molar refractivity (Wildman–Crippen MR) is 576 cm³/mol. The highest BCUT2D eigenvalue weighted by Crippen LogP contribution is 2.34. The summed E-state index contributed by atoms with van der Waals surface area (Å²) in [6.45, 7) is 17.1. The number of ketones is 7. The SMILES string of the molecule is C.COc1ccccc1CCC(=O)Cc1cc(C)ccc1O.Cc1ccc(O)c(CC(=O)CCc2c(Cl)cccc2Cl)c1.Cc1ccc(O)c(CC(=O)CCc2ccccc2C)c1.Cc1ccc(O)c(CC(=O)CCc2ccccc2Cl)c1.Cc1ccc(O)c(CC(=O)CCc2ccccc2F)c1.Cc1ccc(O)c(CC(=O)CSc2ccccc2)c1.Cc1ccc(O)c(CC(=O)CSc2n[nH]c(C)c2[N+](=O)[O-])c1. The number of Topliss-reactive ketones (excluding diaryl/α,β-unsaturated/α-hetero) is 7. The van der Waals surface area contributed by atoms with Gasteiger partial charge in [0.15, 0.2) is 5.03 Å². The molecule has 8 N–H and O–H groups in total. The van der Waals surface area contributed by atoms with Crippen molar-refractivity contribution in [2.75, 3.05) is 18.6 Å². The first-order chi connectivity index (χ1) is 68.3. The third-order valence-electron chi connectivity index (χ3n) is 22.7. The maximum Gasteiger partial charge on any atom is 0.323 e. The van der Waals surface area contributed by atoms with Crippen LogP contribution in [0.15, 0.2) is 283 Å². The molecule has 144 heavy (non-hydrogen) atoms. The monoisotopic (exact) mass is 2040 g/mol. The summed E-state index contributed by atoms with van der Waals surface area (Å²) >= 11 is 20.8. The van der Waals surface area contributed by atoms with Crippen LogP contribution in [0, 0.1) is 78.2 Å². The van der Waals surface area contributed by atoms with Gasteiger partial charge in [0.25, 0.3) is 0 Å². The first-order valence-electron chi connectivity index (χ1n) is 46.5. The fraction of sp³-hybridized carbons (Fsp3) is 0.254. The lowest BCUT2D eigenvalue weighted by Gasteiger charge is -2.08. The standard InChI is InChI=1S/C18H20O3.C18H20O2.C17H16Cl2O2.C17H17ClO2.C17H17FO2.C16H16O2S.C14H15N3O4S.CH4/c1-13-7-10-17(20)15(11-13)12-16(19)9-8-14-5-3-4-6-18(14)21-2;1-13-7-10-18(20)16(11-13)12-17(19)9-8-15-6-4-3-5-14(15)2;1-11-5-8-17(21)12(9-11)10-13(20)6-7-14-15(18)3-2-4-16(14)19;2*1-12-6-9-17(20)14(10-12)11-15(19)8-7-13-4-2-3-5-16(13)18;1-12-7-8-16(18)13(9-12)10-14(17)11-19-15-5-3-2-4-6-15;1-8-3-4-12(19)10(5-8)6-11(18)7-22-14-13(17(20)21)9(2)15-16-14;/h3-7,10-11,20H,8-9,12H2,1-2H3;3-7,10-11,20H,8-9,12H2,1-2H3;2-5,8-9,21H,6-7,10H2,1H3;2*2-6,9-10,20H,7-8,11H2,1H3;2-9,18H,10-11H2,1H3;3-5,19H,6-7H2,1-2H3,(H,15,16);1H4. The van der Waals surface area contributed by atoms with E-state index < -0.39 is 4.92 Å². The maximum absolute atomic E-state index is 13.4. The topological polar surface area (TPSA) is 342 Å². The highest BCUT2D eigenvalue weighted by molar-refractivity contribution is 8.00. The van der Waals surface area contributed by atoms with Gasteiger partial charge in [-0.2, -0.15) is 5.10 Å². The number of rotatable bonds is 37. The fourth-order valence-electron chi connectivity index (χ4n) is 14.9. The Balaban J connectivity index is 0.000000228. The molecule has 0 fully saturated rings. The van der Waals surface area contributed by atoms with Gasteiger partial charge in [0, 0.05) is 136 Å². The maximum atomic E-state index is 13.4. The van der Waals surface area contributed by atoms with Crippen LogP contribution in [-0.4, -0.2) is 110 Å². The van der Waals surface area contributed by atoms with E-state index in [-0.39, 0.29) is 155 Å². The Morgan fingerprint density at radius 3 is 0.993 bits per heavy atom. The Morgan fingerprint density at radius 2 is 0.632 bits per heavy atom. The number of nitrogens with one attached hydrogen (secondary N) is 1. The molecule has 1 aromatic heterocycles. The highest BCUT2D eigenvalue weighted by atomic mass is 35.5. The lowest BCUT2D eigenvalue weighted by molar-refractivity contribution is -0.388. The number of carbonyl (C=O) groups is 7. The molecule has 14 rings (SSSR count). The van der Waals surface area contributed by atoms with Gasteiger partial charge >= 0.3 is 5.69 Å². The smallest absolute Gasteiger partial charge is 0.323 e. The molecule has 13 aromatic carbocycles. The zero-order valence-corrected chi connectivity index (χ0v) is 85.8. The van der Waals surface area contributed by atoms with Crippen LogP contribution in [0.4, 0.5) is 10.1 Å². The number of aromatic amines is 1. The zero-order chi connectivity index (χ0) is 104. The molecule has 0 bridgehead atoms. The lowest BCUT2D eigenvalue weighted by atomic mass is 9.99. The minimum absolute atomic E-state index is 0. The molecular weight excluding hydrogens is 1920 g/mol. The molecule has 0 aliphatic rings. The van der Waals surface area contributed by atoms with Crippen molar-refractivity contribution in [1.29, 1.82) is 0 Å². The molecule has 0 aliphatic carbocycles. The zero-order valence-electron chi connectivity index (χ0n) is 81.9. The summed E-state index contributed by atoms with van der Waals surface area (Å²) in [7, 11) is 1.63. The van der Waals surface area contributed by atoms with Crippen LogP contribution in [0.2, 0.25) is 15.1 Å². The average Bonchev–Trinajstić information content (AvgIpc) is 1.70. The van der Waals surface area contributed by atoms with Crippen molar-refractivity contribution in [2.45, 2.75) is 189 Å². The minimum atomic E-state index is -0.516. The number of methoxy groups -OCH3 is 1. The number of aromatic hydroxyl groups is 7. The van der Waals surface area contributed by atoms with E-state index in [0.717, 1.165) is 90.0 Å². The molecule has 0 spiro atoms. The van der Waals surface area contributed by atoms with E-state index in [1.54, 1.807) is 117 Å². The number of nitrogens with zero attached hydrogens (tertiary/aromatic N) is 2. The molecule has 0 radical (unpaired) electrons. The molecule has 754 valence electrons. The molecule has 0 unspecified atom stereocenters. The molecule has 26 heteroatoms. The third-order valence-corrected chi connectivity index (χ3v) is 25.9. The Morgan fingerprint density at radius 1 is 0.340 bits per heavy atom. The number of carbonyl (C=O) groups excluding carboxylic acids is 7. The normalized spacial score (nSPS) is 10.4. The lowest BCUT2D eigenvalue weighted by Crippen LogP contribution is -2.06. The largest absolute Gasteiger partial charge is 0.508 e. The van der Waals surface area contributed by atoms with Crippen molar-refractivity contribution >= 4 is 104 Å². The van der Waals surface area contributed by atoms with Crippen LogP contribution in [0.5, 0.6) is 46.0 Å². The van der Waals surface area contributed by atoms with Gasteiger partial charge in [0.05, 0.1) is 23.5 Å². The van der Waals surface area contributed by atoms with Crippen LogP contribution in [0.3, 0.4) is 0 Å². The summed E-state index contributed by atoms with van der Waals surface area (Å²) in [4.78, 5) is 95.6. The fourth-order valence-corrected chi connectivity index (χ4v) is 17.4. The van der Waals surface area contributed by atoms with Gasteiger partial charge in [-0.15, -0.1) is 11.8 Å². The van der Waals surface area contributed by atoms with E-state index >= 15 is 0 Å². The molecule has 20 nitrogen and oxygen atoms in total.